The second-order valence-corrected chi connectivity index (χ2v) is 4.18. The molecule has 82 valence electrons. The van der Waals surface area contributed by atoms with Crippen LogP contribution in [0.5, 0.6) is 5.75 Å². The SMILES string of the molecule is CNCCC1(Oc2cccnc2)CCC1. The van der Waals surface area contributed by atoms with Crippen LogP contribution in [-0.4, -0.2) is 24.2 Å². The first-order valence-corrected chi connectivity index (χ1v) is 5.58. The van der Waals surface area contributed by atoms with Crippen molar-refractivity contribution in [1.82, 2.24) is 10.3 Å². The molecule has 0 atom stereocenters. The quantitative estimate of drug-likeness (QED) is 0.800. The van der Waals surface area contributed by atoms with Crippen molar-refractivity contribution in [1.29, 1.82) is 0 Å². The van der Waals surface area contributed by atoms with E-state index < -0.39 is 0 Å². The molecule has 1 fully saturated rings. The number of aromatic nitrogens is 1. The molecular formula is C12H18N2O. The van der Waals surface area contributed by atoms with Crippen LogP contribution in [0.25, 0.3) is 0 Å². The van der Waals surface area contributed by atoms with Crippen molar-refractivity contribution in [3.05, 3.63) is 24.5 Å². The van der Waals surface area contributed by atoms with E-state index in [2.05, 4.69) is 10.3 Å². The van der Waals surface area contributed by atoms with Gasteiger partial charge in [-0.25, -0.2) is 0 Å². The molecule has 0 aromatic carbocycles. The molecule has 3 nitrogen and oxygen atoms in total. The molecule has 0 amide bonds. The molecular weight excluding hydrogens is 188 g/mol. The van der Waals surface area contributed by atoms with Gasteiger partial charge in [0.15, 0.2) is 0 Å². The maximum absolute atomic E-state index is 6.04. The zero-order chi connectivity index (χ0) is 10.6. The van der Waals surface area contributed by atoms with Crippen LogP contribution in [0.2, 0.25) is 0 Å². The number of hydrogen-bond donors (Lipinski definition) is 1. The van der Waals surface area contributed by atoms with Gasteiger partial charge in [0.05, 0.1) is 6.20 Å². The Bertz CT molecular complexity index is 296. The molecule has 0 bridgehead atoms. The van der Waals surface area contributed by atoms with Gasteiger partial charge < -0.3 is 10.1 Å². The Kier molecular flexibility index (Phi) is 3.21. The summed E-state index contributed by atoms with van der Waals surface area (Å²) in [5.74, 6) is 0.897. The summed E-state index contributed by atoms with van der Waals surface area (Å²) >= 11 is 0. The zero-order valence-electron chi connectivity index (χ0n) is 9.20. The fourth-order valence-electron chi connectivity index (χ4n) is 1.98. The van der Waals surface area contributed by atoms with E-state index in [-0.39, 0.29) is 5.60 Å². The highest BCUT2D eigenvalue weighted by molar-refractivity contribution is 5.17. The molecule has 2 rings (SSSR count). The summed E-state index contributed by atoms with van der Waals surface area (Å²) in [5.41, 5.74) is 0.0754. The first kappa shape index (κ1) is 10.4. The highest BCUT2D eigenvalue weighted by Crippen LogP contribution is 2.38. The van der Waals surface area contributed by atoms with Gasteiger partial charge in [0, 0.05) is 6.20 Å². The summed E-state index contributed by atoms with van der Waals surface area (Å²) in [7, 11) is 1.98. The topological polar surface area (TPSA) is 34.1 Å². The first-order chi connectivity index (χ1) is 7.35. The summed E-state index contributed by atoms with van der Waals surface area (Å²) in [4.78, 5) is 4.07. The average molecular weight is 206 g/mol. The van der Waals surface area contributed by atoms with Crippen LogP contribution in [0.3, 0.4) is 0 Å². The average Bonchev–Trinajstić information content (AvgIpc) is 2.23. The minimum absolute atomic E-state index is 0.0754. The molecule has 3 heteroatoms. The predicted octanol–water partition coefficient (Wildman–Crippen LogP) is 1.99. The fraction of sp³-hybridized carbons (Fsp3) is 0.583. The second-order valence-electron chi connectivity index (χ2n) is 4.18. The maximum atomic E-state index is 6.04. The monoisotopic (exact) mass is 206 g/mol. The van der Waals surface area contributed by atoms with Gasteiger partial charge in [0.2, 0.25) is 0 Å². The van der Waals surface area contributed by atoms with Crippen LogP contribution in [0, 0.1) is 0 Å². The lowest BCUT2D eigenvalue weighted by atomic mass is 9.77. The van der Waals surface area contributed by atoms with Crippen molar-refractivity contribution in [2.24, 2.45) is 0 Å². The second kappa shape index (κ2) is 4.62. The minimum Gasteiger partial charge on any atom is -0.486 e. The number of pyridine rings is 1. The van der Waals surface area contributed by atoms with Crippen LogP contribution < -0.4 is 10.1 Å². The van der Waals surface area contributed by atoms with Gasteiger partial charge in [0.1, 0.15) is 11.4 Å². The van der Waals surface area contributed by atoms with E-state index in [0.717, 1.165) is 18.7 Å². The molecule has 1 aliphatic carbocycles. The van der Waals surface area contributed by atoms with E-state index in [1.54, 1.807) is 12.4 Å². The smallest absolute Gasteiger partial charge is 0.138 e. The number of ether oxygens (including phenoxy) is 1. The van der Waals surface area contributed by atoms with Crippen LogP contribution in [-0.2, 0) is 0 Å². The third-order valence-electron chi connectivity index (χ3n) is 3.06. The summed E-state index contributed by atoms with van der Waals surface area (Å²) in [6.45, 7) is 1.01. The highest BCUT2D eigenvalue weighted by Gasteiger charge is 2.38. The standard InChI is InChI=1S/C12H18N2O/c1-13-9-7-12(5-3-6-12)15-11-4-2-8-14-10-11/h2,4,8,10,13H,3,5-7,9H2,1H3. The Hall–Kier alpha value is -1.09. The summed E-state index contributed by atoms with van der Waals surface area (Å²) in [5, 5.41) is 3.18. The molecule has 15 heavy (non-hydrogen) atoms. The van der Waals surface area contributed by atoms with Gasteiger partial charge in [-0.3, -0.25) is 4.98 Å². The normalized spacial score (nSPS) is 18.2. The van der Waals surface area contributed by atoms with Crippen LogP contribution in [0.1, 0.15) is 25.7 Å². The van der Waals surface area contributed by atoms with Gasteiger partial charge in [-0.1, -0.05) is 0 Å². The van der Waals surface area contributed by atoms with E-state index in [4.69, 9.17) is 4.74 Å². The molecule has 0 radical (unpaired) electrons. The largest absolute Gasteiger partial charge is 0.486 e. The van der Waals surface area contributed by atoms with Crippen LogP contribution >= 0.6 is 0 Å². The summed E-state index contributed by atoms with van der Waals surface area (Å²) in [6, 6.07) is 3.90. The lowest BCUT2D eigenvalue weighted by Gasteiger charge is -2.42. The molecule has 0 spiro atoms. The molecule has 1 aliphatic rings. The molecule has 0 aliphatic heterocycles. The first-order valence-electron chi connectivity index (χ1n) is 5.58. The van der Waals surface area contributed by atoms with Gasteiger partial charge in [-0.05, 0) is 51.4 Å². The Labute approximate surface area is 90.9 Å². The highest BCUT2D eigenvalue weighted by atomic mass is 16.5. The van der Waals surface area contributed by atoms with Gasteiger partial charge in [-0.2, -0.15) is 0 Å². The van der Waals surface area contributed by atoms with Crippen molar-refractivity contribution in [2.75, 3.05) is 13.6 Å². The molecule has 1 aromatic rings. The minimum atomic E-state index is 0.0754. The van der Waals surface area contributed by atoms with Crippen molar-refractivity contribution in [3.63, 3.8) is 0 Å². The molecule has 1 aromatic heterocycles. The lowest BCUT2D eigenvalue weighted by molar-refractivity contribution is -0.0141. The van der Waals surface area contributed by atoms with Gasteiger partial charge in [0.25, 0.3) is 0 Å². The van der Waals surface area contributed by atoms with Gasteiger partial charge in [-0.15, -0.1) is 0 Å². The van der Waals surface area contributed by atoms with Crippen LogP contribution in [0.15, 0.2) is 24.5 Å². The van der Waals surface area contributed by atoms with Crippen LogP contribution in [0.4, 0.5) is 0 Å². The van der Waals surface area contributed by atoms with Crippen molar-refractivity contribution in [2.45, 2.75) is 31.3 Å². The predicted molar refractivity (Wildman–Crippen MR) is 60.0 cm³/mol. The Morgan fingerprint density at radius 3 is 2.93 bits per heavy atom. The third kappa shape index (κ3) is 2.48. The molecule has 1 saturated carbocycles. The lowest BCUT2D eigenvalue weighted by Crippen LogP contribution is -2.45. The molecule has 0 unspecified atom stereocenters. The van der Waals surface area contributed by atoms with E-state index in [1.165, 1.54) is 19.3 Å². The number of rotatable bonds is 5. The number of hydrogen-bond acceptors (Lipinski definition) is 3. The zero-order valence-corrected chi connectivity index (χ0v) is 9.20. The third-order valence-corrected chi connectivity index (χ3v) is 3.06. The van der Waals surface area contributed by atoms with Gasteiger partial charge >= 0.3 is 0 Å². The Morgan fingerprint density at radius 1 is 1.53 bits per heavy atom. The van der Waals surface area contributed by atoms with E-state index >= 15 is 0 Å². The van der Waals surface area contributed by atoms with Crippen molar-refractivity contribution >= 4 is 0 Å². The van der Waals surface area contributed by atoms with E-state index in [0.29, 0.717) is 0 Å². The molecule has 0 saturated heterocycles. The Balaban J connectivity index is 1.96. The molecule has 1 heterocycles. The fourth-order valence-corrected chi connectivity index (χ4v) is 1.98. The van der Waals surface area contributed by atoms with E-state index in [1.807, 2.05) is 19.2 Å². The number of nitrogens with zero attached hydrogens (tertiary/aromatic N) is 1. The number of nitrogens with one attached hydrogen (secondary N) is 1. The summed E-state index contributed by atoms with van der Waals surface area (Å²) in [6.07, 6.45) is 8.27. The van der Waals surface area contributed by atoms with Crippen molar-refractivity contribution in [3.8, 4) is 5.75 Å². The molecule has 1 N–H and O–H groups in total. The maximum Gasteiger partial charge on any atom is 0.138 e. The van der Waals surface area contributed by atoms with E-state index in [9.17, 15) is 0 Å². The Morgan fingerprint density at radius 2 is 2.40 bits per heavy atom. The van der Waals surface area contributed by atoms with Crippen molar-refractivity contribution < 1.29 is 4.74 Å². The summed E-state index contributed by atoms with van der Waals surface area (Å²) < 4.78 is 6.04.